The summed E-state index contributed by atoms with van der Waals surface area (Å²) in [6.07, 6.45) is 3.06. The lowest BCUT2D eigenvalue weighted by molar-refractivity contribution is 0.0993. The van der Waals surface area contributed by atoms with E-state index in [0.29, 0.717) is 11.1 Å². The summed E-state index contributed by atoms with van der Waals surface area (Å²) in [4.78, 5) is 12.8. The zero-order valence-electron chi connectivity index (χ0n) is 11.1. The fourth-order valence-electron chi connectivity index (χ4n) is 2.79. The first-order valence-electron chi connectivity index (χ1n) is 6.73. The zero-order valence-corrected chi connectivity index (χ0v) is 11.9. The van der Waals surface area contributed by atoms with Crippen molar-refractivity contribution in [1.82, 2.24) is 0 Å². The molecule has 0 fully saturated rings. The van der Waals surface area contributed by atoms with Crippen molar-refractivity contribution in [3.63, 3.8) is 0 Å². The number of fused-ring (bicyclic) bond motifs is 2. The average molecular weight is 292 g/mol. The van der Waals surface area contributed by atoms with Crippen LogP contribution in [0.3, 0.4) is 0 Å². The fraction of sp³-hybridized carbons (Fsp3) is 0.0556. The minimum Gasteiger partial charge on any atom is -0.376 e. The van der Waals surface area contributed by atoms with Crippen molar-refractivity contribution >= 4 is 27.2 Å². The second-order valence-corrected chi connectivity index (χ2v) is 6.24. The smallest absolute Gasteiger partial charge is 0.186 e. The van der Waals surface area contributed by atoms with E-state index < -0.39 is 5.60 Å². The third-order valence-electron chi connectivity index (χ3n) is 3.88. The molecule has 1 aliphatic rings. The molecule has 0 bridgehead atoms. The number of hydrogen-bond donors (Lipinski definition) is 1. The standard InChI is InChI=1S/C18H12O2S/c19-15-9-10-18(20,14-7-3-2-6-13(14)15)17-11-12-5-1-4-8-16(12)21-17/h1-11,20H. The van der Waals surface area contributed by atoms with Gasteiger partial charge in [0.05, 0.1) is 0 Å². The Balaban J connectivity index is 1.98. The molecule has 3 heteroatoms. The highest BCUT2D eigenvalue weighted by atomic mass is 32.1. The molecule has 0 spiro atoms. The van der Waals surface area contributed by atoms with Crippen LogP contribution in [0.5, 0.6) is 0 Å². The Labute approximate surface area is 126 Å². The van der Waals surface area contributed by atoms with E-state index in [4.69, 9.17) is 0 Å². The van der Waals surface area contributed by atoms with Gasteiger partial charge in [-0.2, -0.15) is 0 Å². The van der Waals surface area contributed by atoms with E-state index in [0.717, 1.165) is 15.0 Å². The van der Waals surface area contributed by atoms with Crippen LogP contribution in [-0.4, -0.2) is 10.9 Å². The maximum atomic E-state index is 12.0. The number of allylic oxidation sites excluding steroid dienone is 1. The predicted octanol–water partition coefficient (Wildman–Crippen LogP) is 3.89. The van der Waals surface area contributed by atoms with Crippen molar-refractivity contribution in [2.24, 2.45) is 0 Å². The highest BCUT2D eigenvalue weighted by molar-refractivity contribution is 7.19. The third-order valence-corrected chi connectivity index (χ3v) is 5.12. The van der Waals surface area contributed by atoms with Crippen LogP contribution in [0.25, 0.3) is 10.1 Å². The molecule has 21 heavy (non-hydrogen) atoms. The number of carbonyl (C=O) groups excluding carboxylic acids is 1. The van der Waals surface area contributed by atoms with E-state index in [1.165, 1.54) is 6.08 Å². The fourth-order valence-corrected chi connectivity index (χ4v) is 3.94. The summed E-state index contributed by atoms with van der Waals surface area (Å²) >= 11 is 1.55. The van der Waals surface area contributed by atoms with Gasteiger partial charge in [-0.3, -0.25) is 4.79 Å². The Kier molecular flexibility index (Phi) is 2.61. The third kappa shape index (κ3) is 1.78. The zero-order chi connectivity index (χ0) is 14.4. The maximum absolute atomic E-state index is 12.0. The number of carbonyl (C=O) groups is 1. The molecule has 3 aromatic rings. The molecule has 102 valence electrons. The molecule has 4 rings (SSSR count). The molecule has 1 aliphatic carbocycles. The Bertz CT molecular complexity index is 858. The van der Waals surface area contributed by atoms with E-state index in [2.05, 4.69) is 0 Å². The summed E-state index contributed by atoms with van der Waals surface area (Å²) in [6.45, 7) is 0. The normalized spacial score (nSPS) is 20.7. The molecule has 1 unspecified atom stereocenters. The SMILES string of the molecule is O=C1C=CC(O)(c2cc3ccccc3s2)c2ccccc21. The molecule has 0 saturated carbocycles. The Morgan fingerprint density at radius 1 is 1.00 bits per heavy atom. The molecule has 1 atom stereocenters. The van der Waals surface area contributed by atoms with Gasteiger partial charge in [0.1, 0.15) is 5.60 Å². The minimum atomic E-state index is -1.23. The predicted molar refractivity (Wildman–Crippen MR) is 84.7 cm³/mol. The van der Waals surface area contributed by atoms with Crippen LogP contribution in [0.4, 0.5) is 0 Å². The summed E-state index contributed by atoms with van der Waals surface area (Å²) in [6, 6.07) is 17.3. The Morgan fingerprint density at radius 2 is 1.76 bits per heavy atom. The van der Waals surface area contributed by atoms with Crippen LogP contribution in [0.2, 0.25) is 0 Å². The summed E-state index contributed by atoms with van der Waals surface area (Å²) < 4.78 is 1.13. The van der Waals surface area contributed by atoms with Gasteiger partial charge < -0.3 is 5.11 Å². The molecule has 2 aromatic carbocycles. The number of thiophene rings is 1. The van der Waals surface area contributed by atoms with Crippen molar-refractivity contribution < 1.29 is 9.90 Å². The van der Waals surface area contributed by atoms with Gasteiger partial charge in [-0.1, -0.05) is 42.5 Å². The molecular formula is C18H12O2S. The minimum absolute atomic E-state index is 0.0589. The van der Waals surface area contributed by atoms with E-state index >= 15 is 0 Å². The number of ketones is 1. The monoisotopic (exact) mass is 292 g/mol. The molecule has 0 amide bonds. The summed E-state index contributed by atoms with van der Waals surface area (Å²) in [5.41, 5.74) is -0.00205. The molecule has 1 N–H and O–H groups in total. The molecule has 2 nitrogen and oxygen atoms in total. The van der Waals surface area contributed by atoms with E-state index in [9.17, 15) is 9.90 Å². The molecule has 1 heterocycles. The van der Waals surface area contributed by atoms with Crippen LogP contribution in [0.15, 0.2) is 66.7 Å². The average Bonchev–Trinajstić information content (AvgIpc) is 2.96. The number of rotatable bonds is 1. The summed E-state index contributed by atoms with van der Waals surface area (Å²) in [7, 11) is 0. The van der Waals surface area contributed by atoms with Crippen molar-refractivity contribution in [2.45, 2.75) is 5.60 Å². The lowest BCUT2D eigenvalue weighted by Gasteiger charge is -2.28. The van der Waals surface area contributed by atoms with Crippen LogP contribution >= 0.6 is 11.3 Å². The summed E-state index contributed by atoms with van der Waals surface area (Å²) in [5, 5.41) is 12.3. The van der Waals surface area contributed by atoms with E-state index in [-0.39, 0.29) is 5.78 Å². The highest BCUT2D eigenvalue weighted by Gasteiger charge is 2.36. The number of aliphatic hydroxyl groups is 1. The van der Waals surface area contributed by atoms with E-state index in [1.807, 2.05) is 48.5 Å². The van der Waals surface area contributed by atoms with Gasteiger partial charge in [-0.15, -0.1) is 11.3 Å². The second-order valence-electron chi connectivity index (χ2n) is 5.16. The van der Waals surface area contributed by atoms with Gasteiger partial charge in [-0.25, -0.2) is 0 Å². The van der Waals surface area contributed by atoms with Crippen molar-refractivity contribution in [2.75, 3.05) is 0 Å². The Hall–Kier alpha value is -2.23. The van der Waals surface area contributed by atoms with Crippen LogP contribution < -0.4 is 0 Å². The first-order valence-corrected chi connectivity index (χ1v) is 7.55. The quantitative estimate of drug-likeness (QED) is 0.739. The number of hydrogen-bond acceptors (Lipinski definition) is 3. The molecule has 0 radical (unpaired) electrons. The van der Waals surface area contributed by atoms with Gasteiger partial charge in [-0.05, 0) is 29.7 Å². The van der Waals surface area contributed by atoms with E-state index in [1.54, 1.807) is 23.5 Å². The molecule has 0 saturated heterocycles. The van der Waals surface area contributed by atoms with Crippen molar-refractivity contribution in [3.05, 3.63) is 82.8 Å². The Morgan fingerprint density at radius 3 is 2.62 bits per heavy atom. The maximum Gasteiger partial charge on any atom is 0.186 e. The van der Waals surface area contributed by atoms with Crippen molar-refractivity contribution in [3.8, 4) is 0 Å². The van der Waals surface area contributed by atoms with Gasteiger partial charge in [0.15, 0.2) is 5.78 Å². The van der Waals surface area contributed by atoms with Gasteiger partial charge in [0, 0.05) is 20.7 Å². The molecule has 0 aliphatic heterocycles. The van der Waals surface area contributed by atoms with Gasteiger partial charge in [0.25, 0.3) is 0 Å². The van der Waals surface area contributed by atoms with Crippen molar-refractivity contribution in [1.29, 1.82) is 0 Å². The largest absolute Gasteiger partial charge is 0.376 e. The van der Waals surface area contributed by atoms with Gasteiger partial charge in [0.2, 0.25) is 0 Å². The van der Waals surface area contributed by atoms with Gasteiger partial charge >= 0.3 is 0 Å². The first-order chi connectivity index (χ1) is 10.2. The number of benzene rings is 2. The lowest BCUT2D eigenvalue weighted by atomic mass is 9.82. The first kappa shape index (κ1) is 12.5. The summed E-state index contributed by atoms with van der Waals surface area (Å²) in [5.74, 6) is -0.0589. The lowest BCUT2D eigenvalue weighted by Crippen LogP contribution is -2.29. The van der Waals surface area contributed by atoms with Crippen LogP contribution in [0.1, 0.15) is 20.8 Å². The highest BCUT2D eigenvalue weighted by Crippen LogP contribution is 2.41. The molecule has 1 aromatic heterocycles. The second kappa shape index (κ2) is 4.38. The van der Waals surface area contributed by atoms with Crippen LogP contribution in [0, 0.1) is 0 Å². The van der Waals surface area contributed by atoms with Crippen LogP contribution in [-0.2, 0) is 5.60 Å². The topological polar surface area (TPSA) is 37.3 Å². The molecular weight excluding hydrogens is 280 g/mol.